The third-order valence-corrected chi connectivity index (χ3v) is 10.1. The first-order valence-corrected chi connectivity index (χ1v) is 14.3. The van der Waals surface area contributed by atoms with Crippen molar-refractivity contribution in [2.45, 2.75) is 90.0 Å². The fraction of sp³-hybridized carbons (Fsp3) is 0.710. The molecule has 0 aromatic heterocycles. The molecule has 3 fully saturated rings. The molecular formula is C31H46N2O3. The average Bonchev–Trinajstić information content (AvgIpc) is 3.29. The molecule has 2 aliphatic heterocycles. The quantitative estimate of drug-likeness (QED) is 0.459. The van der Waals surface area contributed by atoms with E-state index in [2.05, 4.69) is 67.0 Å². The summed E-state index contributed by atoms with van der Waals surface area (Å²) in [6.45, 7) is 12.8. The third kappa shape index (κ3) is 5.16. The monoisotopic (exact) mass is 494 g/mol. The third-order valence-electron chi connectivity index (χ3n) is 10.1. The van der Waals surface area contributed by atoms with Crippen molar-refractivity contribution in [1.82, 2.24) is 9.80 Å². The first kappa shape index (κ1) is 25.9. The smallest absolute Gasteiger partial charge is 0.303 e. The summed E-state index contributed by atoms with van der Waals surface area (Å²) in [5, 5.41) is 12.0. The van der Waals surface area contributed by atoms with E-state index in [9.17, 15) is 9.90 Å². The molecule has 1 aromatic carbocycles. The van der Waals surface area contributed by atoms with Gasteiger partial charge in [0.15, 0.2) is 0 Å². The van der Waals surface area contributed by atoms with E-state index in [-0.39, 0.29) is 23.9 Å². The maximum atomic E-state index is 12.0. The maximum Gasteiger partial charge on any atom is 0.303 e. The van der Waals surface area contributed by atoms with Crippen LogP contribution >= 0.6 is 0 Å². The Labute approximate surface area is 217 Å². The Morgan fingerprint density at radius 1 is 1.19 bits per heavy atom. The summed E-state index contributed by atoms with van der Waals surface area (Å²) >= 11 is 0. The minimum absolute atomic E-state index is 0.128. The molecule has 4 aliphatic rings. The van der Waals surface area contributed by atoms with Gasteiger partial charge in [-0.15, -0.1) is 0 Å². The van der Waals surface area contributed by atoms with E-state index >= 15 is 0 Å². The molecule has 0 radical (unpaired) electrons. The largest absolute Gasteiger partial charge is 0.458 e. The molecule has 198 valence electrons. The number of benzene rings is 1. The lowest BCUT2D eigenvalue weighted by Gasteiger charge is -2.54. The van der Waals surface area contributed by atoms with Crippen LogP contribution in [0.1, 0.15) is 65.4 Å². The maximum absolute atomic E-state index is 12.0. The fourth-order valence-corrected chi connectivity index (χ4v) is 7.96. The Balaban J connectivity index is 1.34. The summed E-state index contributed by atoms with van der Waals surface area (Å²) in [5.74, 6) is 1.01. The van der Waals surface area contributed by atoms with Gasteiger partial charge >= 0.3 is 5.97 Å². The van der Waals surface area contributed by atoms with Gasteiger partial charge in [0.05, 0.1) is 5.60 Å². The molecule has 1 unspecified atom stereocenters. The van der Waals surface area contributed by atoms with E-state index in [1.54, 1.807) is 0 Å². The van der Waals surface area contributed by atoms with E-state index in [0.29, 0.717) is 30.3 Å². The molecule has 0 amide bonds. The number of hydrogen-bond donors (Lipinski definition) is 1. The summed E-state index contributed by atoms with van der Waals surface area (Å²) in [7, 11) is 0. The normalized spacial score (nSPS) is 38.1. The van der Waals surface area contributed by atoms with Crippen LogP contribution in [0.15, 0.2) is 42.0 Å². The van der Waals surface area contributed by atoms with E-state index < -0.39 is 5.60 Å². The van der Waals surface area contributed by atoms with Crippen LogP contribution in [0.4, 0.5) is 0 Å². The van der Waals surface area contributed by atoms with E-state index in [4.69, 9.17) is 4.74 Å². The van der Waals surface area contributed by atoms with Gasteiger partial charge in [-0.2, -0.15) is 0 Å². The standard InChI is InChI=1S/C31H46N2O3/c1-21-15-29-28(13-12-23(3)31(29,35)17-30(21)36-24(4)34)22(2)18-33-19-26-11-8-14-32(26)20-27(33)16-25-9-6-5-7-10-25/h5-7,9-10,15,22-23,26-30,35H,8,11-14,16-20H2,1-4H3/t22?,23-,26-,27+,28+,29-,30-,31-/m1/s1. The second-order valence-electron chi connectivity index (χ2n) is 12.4. The zero-order chi connectivity index (χ0) is 25.4. The molecule has 1 aromatic rings. The number of carbonyl (C=O) groups excluding carboxylic acids is 1. The zero-order valence-corrected chi connectivity index (χ0v) is 22.7. The molecule has 5 nitrogen and oxygen atoms in total. The van der Waals surface area contributed by atoms with Crippen LogP contribution in [0.25, 0.3) is 0 Å². The molecule has 2 aliphatic carbocycles. The Hall–Kier alpha value is -1.69. The minimum atomic E-state index is -0.801. The molecule has 2 heterocycles. The second-order valence-corrected chi connectivity index (χ2v) is 12.4. The number of rotatable bonds is 6. The molecule has 1 saturated carbocycles. The fourth-order valence-electron chi connectivity index (χ4n) is 7.96. The van der Waals surface area contributed by atoms with Crippen LogP contribution < -0.4 is 0 Å². The number of hydrogen-bond acceptors (Lipinski definition) is 5. The first-order chi connectivity index (χ1) is 17.2. The number of carbonyl (C=O) groups is 1. The summed E-state index contributed by atoms with van der Waals surface area (Å²) in [4.78, 5) is 17.2. The van der Waals surface area contributed by atoms with Crippen LogP contribution in [0, 0.1) is 23.7 Å². The molecule has 1 N–H and O–H groups in total. The van der Waals surface area contributed by atoms with Crippen LogP contribution in [0.3, 0.4) is 0 Å². The summed E-state index contributed by atoms with van der Waals surface area (Å²) in [6, 6.07) is 12.2. The van der Waals surface area contributed by atoms with Crippen molar-refractivity contribution in [3.63, 3.8) is 0 Å². The first-order valence-electron chi connectivity index (χ1n) is 14.3. The molecule has 5 rings (SSSR count). The number of piperazine rings is 1. The van der Waals surface area contributed by atoms with Crippen molar-refractivity contribution in [2.75, 3.05) is 26.2 Å². The highest BCUT2D eigenvalue weighted by molar-refractivity contribution is 5.66. The highest BCUT2D eigenvalue weighted by Crippen LogP contribution is 2.51. The van der Waals surface area contributed by atoms with Crippen molar-refractivity contribution in [3.05, 3.63) is 47.5 Å². The lowest BCUT2D eigenvalue weighted by atomic mass is 9.57. The van der Waals surface area contributed by atoms with Gasteiger partial charge in [-0.25, -0.2) is 0 Å². The Morgan fingerprint density at radius 2 is 1.97 bits per heavy atom. The second kappa shape index (κ2) is 10.6. The van der Waals surface area contributed by atoms with Crippen LogP contribution in [0.5, 0.6) is 0 Å². The Bertz CT molecular complexity index is 948. The number of ether oxygens (including phenoxy) is 1. The van der Waals surface area contributed by atoms with Crippen LogP contribution in [-0.4, -0.2) is 70.8 Å². The molecule has 36 heavy (non-hydrogen) atoms. The summed E-state index contributed by atoms with van der Waals surface area (Å²) in [6.07, 6.45) is 8.45. The number of esters is 1. The predicted octanol–water partition coefficient (Wildman–Crippen LogP) is 4.69. The lowest BCUT2D eigenvalue weighted by molar-refractivity contribution is -0.159. The SMILES string of the molecule is CC(=O)O[C@@H]1C[C@@]2(O)[C@H](C)CC[C@@H](C(C)CN3C[C@H]4CCCN4C[C@@H]3Cc3ccccc3)[C@H]2C=C1C. The Morgan fingerprint density at radius 3 is 2.72 bits per heavy atom. The summed E-state index contributed by atoms with van der Waals surface area (Å²) < 4.78 is 5.61. The van der Waals surface area contributed by atoms with Gasteiger partial charge in [-0.05, 0) is 74.5 Å². The molecule has 0 spiro atoms. The highest BCUT2D eigenvalue weighted by atomic mass is 16.5. The highest BCUT2D eigenvalue weighted by Gasteiger charge is 2.53. The average molecular weight is 495 g/mol. The van der Waals surface area contributed by atoms with Crippen molar-refractivity contribution in [2.24, 2.45) is 23.7 Å². The van der Waals surface area contributed by atoms with Crippen molar-refractivity contribution >= 4 is 5.97 Å². The van der Waals surface area contributed by atoms with Crippen LogP contribution in [0.2, 0.25) is 0 Å². The zero-order valence-electron chi connectivity index (χ0n) is 22.7. The molecule has 0 bridgehead atoms. The molecule has 8 atom stereocenters. The lowest BCUT2D eigenvalue weighted by Crippen LogP contribution is -2.59. The van der Waals surface area contributed by atoms with Gasteiger partial charge < -0.3 is 9.84 Å². The predicted molar refractivity (Wildman–Crippen MR) is 144 cm³/mol. The molecular weight excluding hydrogens is 448 g/mol. The van der Waals surface area contributed by atoms with Gasteiger partial charge in [-0.1, -0.05) is 50.3 Å². The van der Waals surface area contributed by atoms with E-state index in [0.717, 1.165) is 31.4 Å². The van der Waals surface area contributed by atoms with E-state index in [1.807, 2.05) is 0 Å². The van der Waals surface area contributed by atoms with Gasteiger partial charge in [0.25, 0.3) is 0 Å². The van der Waals surface area contributed by atoms with E-state index in [1.165, 1.54) is 45.0 Å². The van der Waals surface area contributed by atoms with Gasteiger partial charge in [0.1, 0.15) is 6.10 Å². The van der Waals surface area contributed by atoms with Crippen molar-refractivity contribution in [1.29, 1.82) is 0 Å². The summed E-state index contributed by atoms with van der Waals surface area (Å²) in [5.41, 5.74) is 1.73. The van der Waals surface area contributed by atoms with Crippen LogP contribution in [-0.2, 0) is 16.0 Å². The van der Waals surface area contributed by atoms with Crippen molar-refractivity contribution in [3.8, 4) is 0 Å². The number of nitrogens with zero attached hydrogens (tertiary/aromatic N) is 2. The minimum Gasteiger partial charge on any atom is -0.458 e. The number of fused-ring (bicyclic) bond motifs is 2. The van der Waals surface area contributed by atoms with Gasteiger partial charge in [0.2, 0.25) is 0 Å². The van der Waals surface area contributed by atoms with Gasteiger partial charge in [-0.3, -0.25) is 14.6 Å². The van der Waals surface area contributed by atoms with Crippen molar-refractivity contribution < 1.29 is 14.6 Å². The van der Waals surface area contributed by atoms with Gasteiger partial charge in [0, 0.05) is 51.0 Å². The topological polar surface area (TPSA) is 53.0 Å². The number of aliphatic hydroxyl groups is 1. The molecule has 2 saturated heterocycles. The Kier molecular flexibility index (Phi) is 7.63. The molecule has 5 heteroatoms.